The minimum atomic E-state index is -1.09. The van der Waals surface area contributed by atoms with Crippen LogP contribution < -0.4 is 10.6 Å². The van der Waals surface area contributed by atoms with Gasteiger partial charge in [0.15, 0.2) is 0 Å². The van der Waals surface area contributed by atoms with Crippen molar-refractivity contribution in [2.75, 3.05) is 20.6 Å². The molecule has 0 spiro atoms. The molecule has 0 atom stereocenters. The largest absolute Gasteiger partial charge is 0.465 e. The predicted molar refractivity (Wildman–Crippen MR) is 102 cm³/mol. The van der Waals surface area contributed by atoms with Crippen LogP contribution in [0.5, 0.6) is 0 Å². The third-order valence-electron chi connectivity index (χ3n) is 5.58. The molecule has 0 aliphatic heterocycles. The van der Waals surface area contributed by atoms with Crippen molar-refractivity contribution in [3.05, 3.63) is 35.9 Å². The molecule has 1 aromatic rings. The average Bonchev–Trinajstić information content (AvgIpc) is 2.61. The summed E-state index contributed by atoms with van der Waals surface area (Å²) in [4.78, 5) is 24.7. The van der Waals surface area contributed by atoms with E-state index in [9.17, 15) is 9.59 Å². The highest BCUT2D eigenvalue weighted by molar-refractivity contribution is 5.77. The minimum absolute atomic E-state index is 0.0783. The maximum atomic E-state index is 11.9. The molecular formula is C20H31N3O3. The van der Waals surface area contributed by atoms with Gasteiger partial charge in [0.05, 0.1) is 0 Å². The van der Waals surface area contributed by atoms with E-state index in [-0.39, 0.29) is 30.5 Å². The molecule has 1 aliphatic carbocycles. The fourth-order valence-electron chi connectivity index (χ4n) is 3.82. The van der Waals surface area contributed by atoms with Crippen LogP contribution in [0.2, 0.25) is 0 Å². The Morgan fingerprint density at radius 3 is 2.42 bits per heavy atom. The molecule has 6 heteroatoms. The molecule has 1 aliphatic rings. The van der Waals surface area contributed by atoms with Gasteiger partial charge in [0.25, 0.3) is 0 Å². The number of rotatable bonds is 8. The van der Waals surface area contributed by atoms with E-state index in [1.54, 1.807) is 0 Å². The van der Waals surface area contributed by atoms with Crippen LogP contribution in [-0.2, 0) is 11.2 Å². The zero-order chi connectivity index (χ0) is 19.0. The fraction of sp³-hybridized carbons (Fsp3) is 0.600. The monoisotopic (exact) mass is 361 g/mol. The summed E-state index contributed by atoms with van der Waals surface area (Å²) >= 11 is 0. The van der Waals surface area contributed by atoms with Gasteiger partial charge in [-0.3, -0.25) is 4.79 Å². The zero-order valence-corrected chi connectivity index (χ0v) is 15.8. The van der Waals surface area contributed by atoms with Crippen molar-refractivity contribution in [2.24, 2.45) is 0 Å². The molecule has 2 rings (SSSR count). The number of nitrogens with zero attached hydrogens (tertiary/aromatic N) is 1. The summed E-state index contributed by atoms with van der Waals surface area (Å²) in [6.07, 6.45) is 5.33. The quantitative estimate of drug-likeness (QED) is 0.665. The van der Waals surface area contributed by atoms with Crippen molar-refractivity contribution in [3.63, 3.8) is 0 Å². The second-order valence-electron chi connectivity index (χ2n) is 7.43. The van der Waals surface area contributed by atoms with Gasteiger partial charge < -0.3 is 20.6 Å². The van der Waals surface area contributed by atoms with Crippen molar-refractivity contribution < 1.29 is 14.7 Å². The molecule has 144 valence electrons. The number of hydrogen-bond acceptors (Lipinski definition) is 3. The maximum absolute atomic E-state index is 11.9. The summed E-state index contributed by atoms with van der Waals surface area (Å²) in [5.41, 5.74) is 1.55. The molecule has 0 aromatic heterocycles. The van der Waals surface area contributed by atoms with Gasteiger partial charge in [-0.2, -0.15) is 0 Å². The van der Waals surface area contributed by atoms with Gasteiger partial charge in [-0.05, 0) is 58.2 Å². The Morgan fingerprint density at radius 1 is 1.19 bits per heavy atom. The third-order valence-corrected chi connectivity index (χ3v) is 5.58. The van der Waals surface area contributed by atoms with Crippen molar-refractivity contribution in [2.45, 2.75) is 56.5 Å². The van der Waals surface area contributed by atoms with E-state index >= 15 is 0 Å². The second-order valence-corrected chi connectivity index (χ2v) is 7.43. The molecule has 0 bridgehead atoms. The molecule has 1 aromatic carbocycles. The van der Waals surface area contributed by atoms with Gasteiger partial charge in [0.2, 0.25) is 5.91 Å². The molecule has 0 saturated heterocycles. The Balaban J connectivity index is 1.80. The SMILES string of the molecule is CN(C)C1(CCc2ccccc2)CCC(NC(=O)CCNC(=O)O)CC1. The predicted octanol–water partition coefficient (Wildman–Crippen LogP) is 2.64. The lowest BCUT2D eigenvalue weighted by molar-refractivity contribution is -0.122. The molecule has 1 fully saturated rings. The van der Waals surface area contributed by atoms with Crippen LogP contribution in [0, 0.1) is 0 Å². The second kappa shape index (κ2) is 9.57. The third kappa shape index (κ3) is 6.02. The number of hydrogen-bond donors (Lipinski definition) is 3. The standard InChI is InChI=1S/C20H31N3O3/c1-23(2)20(12-8-16-6-4-3-5-7-16)13-9-17(10-14-20)22-18(24)11-15-21-19(25)26/h3-7,17,21H,8-15H2,1-2H3,(H,22,24)(H,25,26). The molecule has 0 heterocycles. The van der Waals surface area contributed by atoms with Crippen molar-refractivity contribution in [3.8, 4) is 0 Å². The maximum Gasteiger partial charge on any atom is 0.404 e. The highest BCUT2D eigenvalue weighted by Crippen LogP contribution is 2.36. The van der Waals surface area contributed by atoms with Crippen LogP contribution in [0.4, 0.5) is 4.79 Å². The van der Waals surface area contributed by atoms with E-state index in [4.69, 9.17) is 5.11 Å². The van der Waals surface area contributed by atoms with E-state index in [1.165, 1.54) is 5.56 Å². The van der Waals surface area contributed by atoms with E-state index in [1.807, 2.05) is 6.07 Å². The zero-order valence-electron chi connectivity index (χ0n) is 15.8. The topological polar surface area (TPSA) is 81.7 Å². The summed E-state index contributed by atoms with van der Waals surface area (Å²) in [5.74, 6) is -0.0783. The first-order valence-electron chi connectivity index (χ1n) is 9.39. The lowest BCUT2D eigenvalue weighted by Crippen LogP contribution is -2.51. The van der Waals surface area contributed by atoms with Gasteiger partial charge in [-0.15, -0.1) is 0 Å². The van der Waals surface area contributed by atoms with Crippen LogP contribution in [0.15, 0.2) is 30.3 Å². The number of carbonyl (C=O) groups is 2. The first-order chi connectivity index (χ1) is 12.4. The average molecular weight is 361 g/mol. The molecule has 6 nitrogen and oxygen atoms in total. The van der Waals surface area contributed by atoms with Crippen LogP contribution in [0.3, 0.4) is 0 Å². The summed E-state index contributed by atoms with van der Waals surface area (Å²) in [6, 6.07) is 10.8. The van der Waals surface area contributed by atoms with Crippen molar-refractivity contribution in [1.29, 1.82) is 0 Å². The van der Waals surface area contributed by atoms with Crippen LogP contribution in [0.1, 0.15) is 44.1 Å². The van der Waals surface area contributed by atoms with E-state index in [0.717, 1.165) is 38.5 Å². The molecule has 1 saturated carbocycles. The Labute approximate surface area is 156 Å². The summed E-state index contributed by atoms with van der Waals surface area (Å²) in [7, 11) is 4.31. The fourth-order valence-corrected chi connectivity index (χ4v) is 3.82. The van der Waals surface area contributed by atoms with Gasteiger partial charge in [0, 0.05) is 24.5 Å². The lowest BCUT2D eigenvalue weighted by atomic mass is 9.75. The number of aryl methyl sites for hydroxylation is 1. The van der Waals surface area contributed by atoms with Crippen LogP contribution >= 0.6 is 0 Å². The van der Waals surface area contributed by atoms with Crippen LogP contribution in [-0.4, -0.2) is 54.2 Å². The van der Waals surface area contributed by atoms with Gasteiger partial charge in [-0.25, -0.2) is 4.79 Å². The highest BCUT2D eigenvalue weighted by atomic mass is 16.4. The van der Waals surface area contributed by atoms with Gasteiger partial charge in [0.1, 0.15) is 0 Å². The van der Waals surface area contributed by atoms with E-state index in [2.05, 4.69) is 53.9 Å². The number of benzene rings is 1. The molecule has 0 radical (unpaired) electrons. The van der Waals surface area contributed by atoms with E-state index in [0.29, 0.717) is 0 Å². The van der Waals surface area contributed by atoms with Gasteiger partial charge in [-0.1, -0.05) is 30.3 Å². The lowest BCUT2D eigenvalue weighted by Gasteiger charge is -2.45. The molecular weight excluding hydrogens is 330 g/mol. The molecule has 26 heavy (non-hydrogen) atoms. The Hall–Kier alpha value is -2.08. The Kier molecular flexibility index (Phi) is 7.45. The number of carboxylic acid groups (broad SMARTS) is 1. The molecule has 3 N–H and O–H groups in total. The normalized spacial score (nSPS) is 22.8. The molecule has 0 unspecified atom stereocenters. The first kappa shape index (κ1) is 20.2. The number of nitrogens with one attached hydrogen (secondary N) is 2. The summed E-state index contributed by atoms with van der Waals surface area (Å²) in [6.45, 7) is 0.159. The summed E-state index contributed by atoms with van der Waals surface area (Å²) in [5, 5.41) is 13.8. The van der Waals surface area contributed by atoms with Crippen LogP contribution in [0.25, 0.3) is 0 Å². The summed E-state index contributed by atoms with van der Waals surface area (Å²) < 4.78 is 0. The Bertz CT molecular complexity index is 581. The smallest absolute Gasteiger partial charge is 0.404 e. The molecule has 2 amide bonds. The van der Waals surface area contributed by atoms with Crippen molar-refractivity contribution in [1.82, 2.24) is 15.5 Å². The van der Waals surface area contributed by atoms with E-state index < -0.39 is 6.09 Å². The highest BCUT2D eigenvalue weighted by Gasteiger charge is 2.37. The van der Waals surface area contributed by atoms with Gasteiger partial charge >= 0.3 is 6.09 Å². The number of amides is 2. The van der Waals surface area contributed by atoms with Crippen molar-refractivity contribution >= 4 is 12.0 Å². The Morgan fingerprint density at radius 2 is 1.85 bits per heavy atom. The number of carbonyl (C=O) groups excluding carboxylic acids is 1. The first-order valence-corrected chi connectivity index (χ1v) is 9.39. The minimum Gasteiger partial charge on any atom is -0.465 e.